The van der Waals surface area contributed by atoms with Crippen LogP contribution in [-0.4, -0.2) is 76.0 Å². The van der Waals surface area contributed by atoms with Crippen molar-refractivity contribution in [3.05, 3.63) is 70.1 Å². The lowest BCUT2D eigenvalue weighted by molar-refractivity contribution is -0.193. The van der Waals surface area contributed by atoms with Crippen molar-refractivity contribution in [2.75, 3.05) is 17.6 Å². The van der Waals surface area contributed by atoms with E-state index in [0.717, 1.165) is 5.56 Å². The Labute approximate surface area is 292 Å². The summed E-state index contributed by atoms with van der Waals surface area (Å²) in [6, 6.07) is 11.2. The lowest BCUT2D eigenvalue weighted by Gasteiger charge is -2.17. The normalized spacial score (nSPS) is 11.9. The summed E-state index contributed by atoms with van der Waals surface area (Å²) < 4.78 is 90.7. The van der Waals surface area contributed by atoms with Crippen molar-refractivity contribution in [2.24, 2.45) is 5.73 Å². The number of nitrogens with two attached hydrogens (primary N) is 2. The molecule has 0 radical (unpaired) electrons. The maximum absolute atomic E-state index is 13.3. The number of carboxylic acids is 2. The van der Waals surface area contributed by atoms with E-state index in [-0.39, 0.29) is 41.0 Å². The summed E-state index contributed by atoms with van der Waals surface area (Å²) in [6.45, 7) is 5.53. The SMILES string of the molecule is CCNc1ncc(-c2cc(N)cc(S(=O)(=O)C(C)CC)c2)n(CC(=O)NCc2ccc(C(=N)N)cc2)c1=O.O=C(O)C(F)(F)F.O=C(O)C(F)(F)F. The number of amides is 1. The Kier molecular flexibility index (Phi) is 15.8. The topological polar surface area (TPSA) is 261 Å². The van der Waals surface area contributed by atoms with Gasteiger partial charge in [0.15, 0.2) is 15.7 Å². The summed E-state index contributed by atoms with van der Waals surface area (Å²) in [5, 5.41) is 26.8. The number of nitrogens with zero attached hydrogens (tertiary/aromatic N) is 2. The molecule has 0 fully saturated rings. The van der Waals surface area contributed by atoms with Gasteiger partial charge in [0.25, 0.3) is 5.56 Å². The Morgan fingerprint density at radius 2 is 1.50 bits per heavy atom. The molecular weight excluding hydrogens is 732 g/mol. The monoisotopic (exact) mass is 767 g/mol. The molecule has 2 aromatic carbocycles. The Balaban J connectivity index is 0.000000812. The molecule has 0 bridgehead atoms. The average molecular weight is 768 g/mol. The van der Waals surface area contributed by atoms with Crippen LogP contribution in [-0.2, 0) is 37.3 Å². The molecular formula is C30H35F6N7O8S. The first-order valence-electron chi connectivity index (χ1n) is 14.6. The van der Waals surface area contributed by atoms with Crippen molar-refractivity contribution in [3.63, 3.8) is 0 Å². The van der Waals surface area contributed by atoms with Crippen LogP contribution in [0.1, 0.15) is 38.3 Å². The molecule has 3 aromatic rings. The quantitative estimate of drug-likeness (QED) is 0.0641. The molecule has 0 spiro atoms. The van der Waals surface area contributed by atoms with Crippen molar-refractivity contribution in [2.45, 2.75) is 62.8 Å². The van der Waals surface area contributed by atoms with Gasteiger partial charge in [-0.1, -0.05) is 31.2 Å². The highest BCUT2D eigenvalue weighted by molar-refractivity contribution is 7.92. The first kappa shape index (κ1) is 44.4. The third kappa shape index (κ3) is 13.2. The second-order valence-corrected chi connectivity index (χ2v) is 12.8. The number of halogens is 6. The first-order chi connectivity index (χ1) is 23.9. The van der Waals surface area contributed by atoms with Crippen LogP contribution in [0.4, 0.5) is 37.8 Å². The predicted octanol–water partition coefficient (Wildman–Crippen LogP) is 3.36. The number of aromatic nitrogens is 2. The van der Waals surface area contributed by atoms with Gasteiger partial charge in [-0.15, -0.1) is 0 Å². The largest absolute Gasteiger partial charge is 0.490 e. The molecule has 0 aliphatic heterocycles. The molecule has 1 atom stereocenters. The maximum atomic E-state index is 13.3. The Morgan fingerprint density at radius 1 is 0.981 bits per heavy atom. The van der Waals surface area contributed by atoms with E-state index in [1.54, 1.807) is 44.2 Å². The number of nitrogens with one attached hydrogen (secondary N) is 3. The number of amidine groups is 1. The standard InChI is InChI=1S/C26H33N7O4S.2C2HF3O2/c1-4-16(3)38(36,37)21-11-19(10-20(27)12-21)22-14-32-25(30-5-2)26(35)33(22)15-23(34)31-13-17-6-8-18(9-7-17)24(28)29;2*3-2(4,5)1(6)7/h6-12,14,16H,4-5,13,15,27H2,1-3H3,(H3,28,29)(H,30,32)(H,31,34);2*(H,6,7). The number of carbonyl (C=O) groups excluding carboxylic acids is 1. The molecule has 286 valence electrons. The number of rotatable bonds is 11. The van der Waals surface area contributed by atoms with Gasteiger partial charge in [0.2, 0.25) is 5.91 Å². The van der Waals surface area contributed by atoms with E-state index >= 15 is 0 Å². The molecule has 15 nitrogen and oxygen atoms in total. The highest BCUT2D eigenvalue weighted by Gasteiger charge is 2.39. The van der Waals surface area contributed by atoms with E-state index in [1.807, 2.05) is 6.92 Å². The van der Waals surface area contributed by atoms with Crippen LogP contribution in [0.15, 0.2) is 58.4 Å². The molecule has 1 heterocycles. The molecule has 1 amide bonds. The zero-order valence-electron chi connectivity index (χ0n) is 27.6. The summed E-state index contributed by atoms with van der Waals surface area (Å²) in [7, 11) is -3.65. The van der Waals surface area contributed by atoms with Crippen molar-refractivity contribution < 1.29 is 59.4 Å². The van der Waals surface area contributed by atoms with Gasteiger partial charge in [0.1, 0.15) is 12.4 Å². The summed E-state index contributed by atoms with van der Waals surface area (Å²) >= 11 is 0. The van der Waals surface area contributed by atoms with Gasteiger partial charge in [-0.25, -0.2) is 23.0 Å². The van der Waals surface area contributed by atoms with E-state index in [0.29, 0.717) is 24.1 Å². The zero-order chi connectivity index (χ0) is 40.2. The number of nitrogen functional groups attached to an aromatic ring is 2. The van der Waals surface area contributed by atoms with Crippen molar-refractivity contribution in [1.29, 1.82) is 5.41 Å². The molecule has 0 aliphatic rings. The van der Waals surface area contributed by atoms with Crippen molar-refractivity contribution in [3.8, 4) is 11.3 Å². The Hall–Kier alpha value is -5.67. The third-order valence-corrected chi connectivity index (χ3v) is 8.88. The number of carbonyl (C=O) groups is 3. The highest BCUT2D eigenvalue weighted by Crippen LogP contribution is 2.28. The minimum absolute atomic E-state index is 0.0371. The summed E-state index contributed by atoms with van der Waals surface area (Å²) in [5.74, 6) is -5.93. The van der Waals surface area contributed by atoms with Crippen LogP contribution < -0.4 is 27.7 Å². The molecule has 9 N–H and O–H groups in total. The van der Waals surface area contributed by atoms with Gasteiger partial charge in [-0.2, -0.15) is 26.3 Å². The average Bonchev–Trinajstić information content (AvgIpc) is 3.04. The number of hydrogen-bond donors (Lipinski definition) is 7. The Bertz CT molecular complexity index is 1890. The molecule has 1 unspecified atom stereocenters. The van der Waals surface area contributed by atoms with Gasteiger partial charge in [-0.05, 0) is 44.0 Å². The van der Waals surface area contributed by atoms with Gasteiger partial charge >= 0.3 is 24.3 Å². The number of anilines is 2. The number of hydrogen-bond acceptors (Lipinski definition) is 10. The van der Waals surface area contributed by atoms with E-state index < -0.39 is 50.8 Å². The number of aliphatic carboxylic acids is 2. The number of carboxylic acid groups (broad SMARTS) is 2. The fourth-order valence-electron chi connectivity index (χ4n) is 3.75. The zero-order valence-corrected chi connectivity index (χ0v) is 28.4. The molecule has 3 rings (SSSR count). The summed E-state index contributed by atoms with van der Waals surface area (Å²) in [6.07, 6.45) is -8.32. The number of benzene rings is 2. The molecule has 0 saturated carbocycles. The molecule has 1 aromatic heterocycles. The highest BCUT2D eigenvalue weighted by atomic mass is 32.2. The summed E-state index contributed by atoms with van der Waals surface area (Å²) in [5.41, 5.74) is 13.2. The van der Waals surface area contributed by atoms with Crippen LogP contribution >= 0.6 is 0 Å². The lowest BCUT2D eigenvalue weighted by atomic mass is 10.1. The molecule has 0 aliphatic carbocycles. The lowest BCUT2D eigenvalue weighted by Crippen LogP contribution is -2.34. The van der Waals surface area contributed by atoms with Gasteiger partial charge < -0.3 is 32.3 Å². The second kappa shape index (κ2) is 18.5. The van der Waals surface area contributed by atoms with Crippen molar-refractivity contribution >= 4 is 45.0 Å². The van der Waals surface area contributed by atoms with Gasteiger partial charge in [0, 0.05) is 29.9 Å². The van der Waals surface area contributed by atoms with Crippen LogP contribution in [0, 0.1) is 5.41 Å². The molecule has 52 heavy (non-hydrogen) atoms. The van der Waals surface area contributed by atoms with Crippen LogP contribution in [0.2, 0.25) is 0 Å². The first-order valence-corrected chi connectivity index (χ1v) is 16.2. The van der Waals surface area contributed by atoms with Crippen LogP contribution in [0.3, 0.4) is 0 Å². The minimum atomic E-state index is -5.08. The second-order valence-electron chi connectivity index (χ2n) is 10.5. The van der Waals surface area contributed by atoms with E-state index in [9.17, 15) is 44.3 Å². The number of alkyl halides is 6. The van der Waals surface area contributed by atoms with Crippen molar-refractivity contribution in [1.82, 2.24) is 14.9 Å². The minimum Gasteiger partial charge on any atom is -0.475 e. The fourth-order valence-corrected chi connectivity index (χ4v) is 5.25. The van der Waals surface area contributed by atoms with E-state index in [1.165, 1.54) is 22.9 Å². The third-order valence-electron chi connectivity index (χ3n) is 6.60. The van der Waals surface area contributed by atoms with E-state index in [2.05, 4.69) is 15.6 Å². The van der Waals surface area contributed by atoms with Gasteiger partial charge in [0.05, 0.1) is 22.0 Å². The van der Waals surface area contributed by atoms with E-state index in [4.69, 9.17) is 36.7 Å². The molecule has 0 saturated heterocycles. The summed E-state index contributed by atoms with van der Waals surface area (Å²) in [4.78, 5) is 48.2. The smallest absolute Gasteiger partial charge is 0.475 e. The maximum Gasteiger partial charge on any atom is 0.490 e. The molecule has 22 heteroatoms. The van der Waals surface area contributed by atoms with Gasteiger partial charge in [-0.3, -0.25) is 19.6 Å². The van der Waals surface area contributed by atoms with Crippen LogP contribution in [0.5, 0.6) is 0 Å². The predicted molar refractivity (Wildman–Crippen MR) is 176 cm³/mol. The van der Waals surface area contributed by atoms with Crippen LogP contribution in [0.25, 0.3) is 11.3 Å². The number of sulfone groups is 1. The fraction of sp³-hybridized carbons (Fsp3) is 0.333. The Morgan fingerprint density at radius 3 is 1.94 bits per heavy atom.